The molecule has 0 aliphatic heterocycles. The van der Waals surface area contributed by atoms with Crippen LogP contribution in [0.4, 0.5) is 0 Å². The van der Waals surface area contributed by atoms with Gasteiger partial charge in [-0.2, -0.15) is 0 Å². The molecule has 0 atom stereocenters. The van der Waals surface area contributed by atoms with Crippen molar-refractivity contribution >= 4 is 0 Å². The monoisotopic (exact) mass is 226 g/mol. The molecule has 3 N–H and O–H groups in total. The molecule has 0 unspecified atom stereocenters. The van der Waals surface area contributed by atoms with Gasteiger partial charge in [0.2, 0.25) is 0 Å². The SMILES string of the molecule is NCCCCCCNCCC1CCCCC1. The fourth-order valence-electron chi connectivity index (χ4n) is 2.65. The van der Waals surface area contributed by atoms with Gasteiger partial charge in [-0.05, 0) is 44.8 Å². The maximum Gasteiger partial charge on any atom is -0.00463 e. The van der Waals surface area contributed by atoms with Crippen LogP contribution in [0.5, 0.6) is 0 Å². The van der Waals surface area contributed by atoms with Gasteiger partial charge in [0.05, 0.1) is 0 Å². The van der Waals surface area contributed by atoms with Gasteiger partial charge in [-0.1, -0.05) is 44.9 Å². The molecule has 0 bridgehead atoms. The molecule has 0 saturated heterocycles. The summed E-state index contributed by atoms with van der Waals surface area (Å²) >= 11 is 0. The van der Waals surface area contributed by atoms with E-state index in [0.717, 1.165) is 12.5 Å². The van der Waals surface area contributed by atoms with E-state index >= 15 is 0 Å². The maximum atomic E-state index is 5.46. The third-order valence-corrected chi connectivity index (χ3v) is 3.76. The van der Waals surface area contributed by atoms with Crippen molar-refractivity contribution < 1.29 is 0 Å². The highest BCUT2D eigenvalue weighted by atomic mass is 14.8. The largest absolute Gasteiger partial charge is 0.330 e. The molecule has 2 nitrogen and oxygen atoms in total. The molecule has 0 aromatic rings. The molecule has 0 aromatic heterocycles. The van der Waals surface area contributed by atoms with Crippen molar-refractivity contribution in [3.63, 3.8) is 0 Å². The van der Waals surface area contributed by atoms with Crippen LogP contribution in [0.3, 0.4) is 0 Å². The van der Waals surface area contributed by atoms with E-state index in [4.69, 9.17) is 5.73 Å². The van der Waals surface area contributed by atoms with Gasteiger partial charge in [-0.25, -0.2) is 0 Å². The van der Waals surface area contributed by atoms with Gasteiger partial charge in [0, 0.05) is 0 Å². The Morgan fingerprint density at radius 2 is 1.62 bits per heavy atom. The van der Waals surface area contributed by atoms with E-state index in [1.54, 1.807) is 0 Å². The van der Waals surface area contributed by atoms with Crippen molar-refractivity contribution in [2.24, 2.45) is 11.7 Å². The second-order valence-electron chi connectivity index (χ2n) is 5.25. The summed E-state index contributed by atoms with van der Waals surface area (Å²) in [7, 11) is 0. The number of hydrogen-bond donors (Lipinski definition) is 2. The second-order valence-corrected chi connectivity index (χ2v) is 5.25. The predicted octanol–water partition coefficient (Wildman–Crippen LogP) is 3.07. The van der Waals surface area contributed by atoms with Gasteiger partial charge < -0.3 is 11.1 Å². The normalized spacial score (nSPS) is 17.8. The summed E-state index contributed by atoms with van der Waals surface area (Å²) < 4.78 is 0. The molecule has 0 heterocycles. The molecule has 0 radical (unpaired) electrons. The Morgan fingerprint density at radius 3 is 2.38 bits per heavy atom. The van der Waals surface area contributed by atoms with Gasteiger partial charge >= 0.3 is 0 Å². The van der Waals surface area contributed by atoms with Crippen LogP contribution in [-0.2, 0) is 0 Å². The van der Waals surface area contributed by atoms with E-state index < -0.39 is 0 Å². The zero-order chi connectivity index (χ0) is 11.5. The van der Waals surface area contributed by atoms with Crippen molar-refractivity contribution in [3.8, 4) is 0 Å². The summed E-state index contributed by atoms with van der Waals surface area (Å²) in [5.74, 6) is 1.03. The zero-order valence-corrected chi connectivity index (χ0v) is 10.8. The van der Waals surface area contributed by atoms with Gasteiger partial charge in [0.25, 0.3) is 0 Å². The topological polar surface area (TPSA) is 38.0 Å². The van der Waals surface area contributed by atoms with Crippen LogP contribution in [0.2, 0.25) is 0 Å². The third kappa shape index (κ3) is 7.24. The molecule has 1 aliphatic carbocycles. The Bertz CT molecular complexity index is 142. The lowest BCUT2D eigenvalue weighted by Crippen LogP contribution is -2.20. The highest BCUT2D eigenvalue weighted by Crippen LogP contribution is 2.25. The van der Waals surface area contributed by atoms with E-state index in [1.165, 1.54) is 77.3 Å². The van der Waals surface area contributed by atoms with E-state index in [1.807, 2.05) is 0 Å². The first kappa shape index (κ1) is 14.0. The van der Waals surface area contributed by atoms with Gasteiger partial charge in [0.15, 0.2) is 0 Å². The van der Waals surface area contributed by atoms with Crippen LogP contribution in [0.25, 0.3) is 0 Å². The highest BCUT2D eigenvalue weighted by Gasteiger charge is 2.12. The fourth-order valence-corrected chi connectivity index (χ4v) is 2.65. The van der Waals surface area contributed by atoms with Crippen LogP contribution in [-0.4, -0.2) is 19.6 Å². The molecule has 1 aliphatic rings. The zero-order valence-electron chi connectivity index (χ0n) is 10.8. The van der Waals surface area contributed by atoms with Gasteiger partial charge in [0.1, 0.15) is 0 Å². The van der Waals surface area contributed by atoms with Crippen LogP contribution >= 0.6 is 0 Å². The van der Waals surface area contributed by atoms with Crippen molar-refractivity contribution in [1.82, 2.24) is 5.32 Å². The summed E-state index contributed by atoms with van der Waals surface area (Å²) in [6.07, 6.45) is 14.0. The summed E-state index contributed by atoms with van der Waals surface area (Å²) in [6.45, 7) is 3.30. The van der Waals surface area contributed by atoms with E-state index in [2.05, 4.69) is 5.32 Å². The van der Waals surface area contributed by atoms with Gasteiger partial charge in [-0.15, -0.1) is 0 Å². The number of hydrogen-bond acceptors (Lipinski definition) is 2. The van der Waals surface area contributed by atoms with Crippen molar-refractivity contribution in [1.29, 1.82) is 0 Å². The lowest BCUT2D eigenvalue weighted by molar-refractivity contribution is 0.333. The Hall–Kier alpha value is -0.0800. The van der Waals surface area contributed by atoms with E-state index in [-0.39, 0.29) is 0 Å². The standard InChI is InChI=1S/C14H30N2/c15-11-6-1-2-7-12-16-13-10-14-8-4-3-5-9-14/h14,16H,1-13,15H2. The molecule has 0 amide bonds. The minimum atomic E-state index is 0.856. The summed E-state index contributed by atoms with van der Waals surface area (Å²) in [5.41, 5.74) is 5.46. The van der Waals surface area contributed by atoms with Crippen LogP contribution in [0, 0.1) is 5.92 Å². The molecule has 0 aromatic carbocycles. The Labute approximate surface area is 101 Å². The third-order valence-electron chi connectivity index (χ3n) is 3.76. The van der Waals surface area contributed by atoms with Crippen molar-refractivity contribution in [3.05, 3.63) is 0 Å². The maximum absolute atomic E-state index is 5.46. The highest BCUT2D eigenvalue weighted by molar-refractivity contribution is 4.66. The number of rotatable bonds is 9. The van der Waals surface area contributed by atoms with Gasteiger partial charge in [-0.3, -0.25) is 0 Å². The Balaban J connectivity index is 1.77. The lowest BCUT2D eigenvalue weighted by Gasteiger charge is -2.21. The lowest BCUT2D eigenvalue weighted by atomic mass is 9.87. The summed E-state index contributed by atoms with van der Waals surface area (Å²) in [5, 5.41) is 3.58. The molecule has 1 rings (SSSR count). The smallest absolute Gasteiger partial charge is 0.00463 e. The minimum Gasteiger partial charge on any atom is -0.330 e. The minimum absolute atomic E-state index is 0.856. The number of unbranched alkanes of at least 4 members (excludes halogenated alkanes) is 3. The predicted molar refractivity (Wildman–Crippen MR) is 71.6 cm³/mol. The average molecular weight is 226 g/mol. The first-order valence-corrected chi connectivity index (χ1v) is 7.34. The van der Waals surface area contributed by atoms with Crippen molar-refractivity contribution in [2.75, 3.05) is 19.6 Å². The second kappa shape index (κ2) is 10.1. The summed E-state index contributed by atoms with van der Waals surface area (Å²) in [4.78, 5) is 0. The average Bonchev–Trinajstić information content (AvgIpc) is 2.34. The van der Waals surface area contributed by atoms with E-state index in [0.29, 0.717) is 0 Å². The first-order valence-electron chi connectivity index (χ1n) is 7.34. The Morgan fingerprint density at radius 1 is 0.875 bits per heavy atom. The molecule has 2 heteroatoms. The molecular formula is C14H30N2. The molecule has 1 saturated carbocycles. The first-order chi connectivity index (χ1) is 7.93. The van der Waals surface area contributed by atoms with Crippen LogP contribution in [0.1, 0.15) is 64.2 Å². The summed E-state index contributed by atoms with van der Waals surface area (Å²) in [6, 6.07) is 0. The van der Waals surface area contributed by atoms with Crippen molar-refractivity contribution in [2.45, 2.75) is 64.2 Å². The molecule has 0 spiro atoms. The number of nitrogens with one attached hydrogen (secondary N) is 1. The molecular weight excluding hydrogens is 196 g/mol. The molecule has 1 fully saturated rings. The molecule has 96 valence electrons. The molecule has 16 heavy (non-hydrogen) atoms. The van der Waals surface area contributed by atoms with Crippen LogP contribution in [0.15, 0.2) is 0 Å². The van der Waals surface area contributed by atoms with Crippen LogP contribution < -0.4 is 11.1 Å². The Kier molecular flexibility index (Phi) is 8.83. The van der Waals surface area contributed by atoms with E-state index in [9.17, 15) is 0 Å². The quantitative estimate of drug-likeness (QED) is 0.593. The fraction of sp³-hybridized carbons (Fsp3) is 1.00. The number of nitrogens with two attached hydrogens (primary N) is 1.